The SMILES string of the molecule is O=C1C(=O)N(Cc2ccncc2)C(c2ccc(Cl)c(Cl)c2)/C1=C(/O)c1ccccc1. The molecular weight excluding hydrogens is 423 g/mol. The molecule has 1 aromatic heterocycles. The first kappa shape index (κ1) is 20.1. The smallest absolute Gasteiger partial charge is 0.295 e. The fraction of sp³-hybridized carbons (Fsp3) is 0.0870. The highest BCUT2D eigenvalue weighted by molar-refractivity contribution is 6.46. The van der Waals surface area contributed by atoms with Crippen molar-refractivity contribution in [2.75, 3.05) is 0 Å². The molecule has 3 aromatic rings. The topological polar surface area (TPSA) is 70.5 Å². The zero-order chi connectivity index (χ0) is 21.3. The van der Waals surface area contributed by atoms with E-state index >= 15 is 0 Å². The lowest BCUT2D eigenvalue weighted by Gasteiger charge is -2.25. The highest BCUT2D eigenvalue weighted by atomic mass is 35.5. The fourth-order valence-electron chi connectivity index (χ4n) is 3.51. The van der Waals surface area contributed by atoms with Crippen LogP contribution in [0.4, 0.5) is 0 Å². The van der Waals surface area contributed by atoms with Crippen molar-refractivity contribution in [3.05, 3.63) is 105 Å². The first-order chi connectivity index (χ1) is 14.5. The van der Waals surface area contributed by atoms with Crippen molar-refractivity contribution >= 4 is 40.7 Å². The molecule has 1 atom stereocenters. The molecule has 0 aliphatic carbocycles. The molecule has 30 heavy (non-hydrogen) atoms. The van der Waals surface area contributed by atoms with E-state index in [4.69, 9.17) is 23.2 Å². The van der Waals surface area contributed by atoms with E-state index < -0.39 is 17.7 Å². The summed E-state index contributed by atoms with van der Waals surface area (Å²) < 4.78 is 0. The molecule has 1 aliphatic rings. The number of halogens is 2. The van der Waals surface area contributed by atoms with Crippen LogP contribution in [0, 0.1) is 0 Å². The van der Waals surface area contributed by atoms with Gasteiger partial charge in [0.2, 0.25) is 0 Å². The molecule has 1 unspecified atom stereocenters. The van der Waals surface area contributed by atoms with E-state index in [1.54, 1.807) is 73.1 Å². The molecule has 0 spiro atoms. The summed E-state index contributed by atoms with van der Waals surface area (Å²) >= 11 is 12.3. The maximum atomic E-state index is 13.0. The summed E-state index contributed by atoms with van der Waals surface area (Å²) in [7, 11) is 0. The Morgan fingerprint density at radius 2 is 1.67 bits per heavy atom. The second-order valence-electron chi connectivity index (χ2n) is 6.82. The number of amides is 1. The summed E-state index contributed by atoms with van der Waals surface area (Å²) in [5.74, 6) is -1.68. The highest BCUT2D eigenvalue weighted by Gasteiger charge is 2.46. The Kier molecular flexibility index (Phi) is 5.57. The Labute approximate surface area is 183 Å². The minimum atomic E-state index is -0.812. The lowest BCUT2D eigenvalue weighted by atomic mass is 9.95. The zero-order valence-electron chi connectivity index (χ0n) is 15.6. The third-order valence-corrected chi connectivity index (χ3v) is 5.69. The van der Waals surface area contributed by atoms with E-state index in [-0.39, 0.29) is 17.9 Å². The largest absolute Gasteiger partial charge is 0.507 e. The van der Waals surface area contributed by atoms with Gasteiger partial charge in [-0.25, -0.2) is 0 Å². The number of benzene rings is 2. The fourth-order valence-corrected chi connectivity index (χ4v) is 3.82. The molecule has 1 aliphatic heterocycles. The van der Waals surface area contributed by atoms with Crippen LogP contribution in [0.15, 0.2) is 78.6 Å². The van der Waals surface area contributed by atoms with Crippen LogP contribution >= 0.6 is 23.2 Å². The Balaban J connectivity index is 1.88. The standard InChI is InChI=1S/C23H16Cl2N2O3/c24-17-7-6-16(12-18(17)25)20-19(21(28)15-4-2-1-3-5-15)22(29)23(30)27(20)13-14-8-10-26-11-9-14/h1-12,20,28H,13H2/b21-19-. The number of likely N-dealkylation sites (tertiary alicyclic amines) is 1. The molecule has 7 heteroatoms. The number of hydrogen-bond donors (Lipinski definition) is 1. The van der Waals surface area contributed by atoms with Crippen molar-refractivity contribution in [2.45, 2.75) is 12.6 Å². The molecule has 1 amide bonds. The lowest BCUT2D eigenvalue weighted by molar-refractivity contribution is -0.140. The number of carbonyl (C=O) groups is 2. The number of aromatic nitrogens is 1. The molecule has 1 N–H and O–H groups in total. The molecule has 0 saturated carbocycles. The van der Waals surface area contributed by atoms with Crippen molar-refractivity contribution in [1.29, 1.82) is 0 Å². The van der Waals surface area contributed by atoms with Gasteiger partial charge in [0.1, 0.15) is 5.76 Å². The quantitative estimate of drug-likeness (QED) is 0.353. The number of rotatable bonds is 4. The zero-order valence-corrected chi connectivity index (χ0v) is 17.1. The van der Waals surface area contributed by atoms with Gasteiger partial charge in [-0.2, -0.15) is 0 Å². The Morgan fingerprint density at radius 3 is 2.33 bits per heavy atom. The average molecular weight is 439 g/mol. The van der Waals surface area contributed by atoms with Gasteiger partial charge in [-0.1, -0.05) is 59.6 Å². The predicted molar refractivity (Wildman–Crippen MR) is 115 cm³/mol. The Hall–Kier alpha value is -3.15. The van der Waals surface area contributed by atoms with E-state index in [0.29, 0.717) is 21.2 Å². The maximum Gasteiger partial charge on any atom is 0.295 e. The molecule has 1 saturated heterocycles. The van der Waals surface area contributed by atoms with Crippen molar-refractivity contribution in [3.8, 4) is 0 Å². The second kappa shape index (κ2) is 8.30. The van der Waals surface area contributed by atoms with Gasteiger partial charge < -0.3 is 10.0 Å². The first-order valence-corrected chi connectivity index (χ1v) is 9.90. The van der Waals surface area contributed by atoms with Gasteiger partial charge >= 0.3 is 0 Å². The normalized spacial score (nSPS) is 18.1. The van der Waals surface area contributed by atoms with E-state index in [2.05, 4.69) is 4.98 Å². The molecule has 4 rings (SSSR count). The number of carbonyl (C=O) groups excluding carboxylic acids is 2. The number of pyridine rings is 1. The number of aliphatic hydroxyl groups is 1. The van der Waals surface area contributed by atoms with Crippen LogP contribution in [-0.2, 0) is 16.1 Å². The molecule has 2 heterocycles. The molecule has 150 valence electrons. The van der Waals surface area contributed by atoms with Gasteiger partial charge in [0, 0.05) is 24.5 Å². The van der Waals surface area contributed by atoms with Crippen LogP contribution in [0.2, 0.25) is 10.0 Å². The number of ketones is 1. The summed E-state index contributed by atoms with van der Waals surface area (Å²) in [5, 5.41) is 11.6. The van der Waals surface area contributed by atoms with Crippen LogP contribution in [0.1, 0.15) is 22.7 Å². The number of nitrogens with zero attached hydrogens (tertiary/aromatic N) is 2. The third kappa shape index (κ3) is 3.70. The Morgan fingerprint density at radius 1 is 0.967 bits per heavy atom. The van der Waals surface area contributed by atoms with Gasteiger partial charge in [-0.3, -0.25) is 14.6 Å². The van der Waals surface area contributed by atoms with Crippen LogP contribution in [-0.4, -0.2) is 26.7 Å². The Bertz CT molecular complexity index is 1150. The second-order valence-corrected chi connectivity index (χ2v) is 7.64. The summed E-state index contributed by atoms with van der Waals surface area (Å²) in [6, 6.07) is 16.3. The highest BCUT2D eigenvalue weighted by Crippen LogP contribution is 2.41. The molecule has 5 nitrogen and oxygen atoms in total. The van der Waals surface area contributed by atoms with Crippen LogP contribution in [0.5, 0.6) is 0 Å². The van der Waals surface area contributed by atoms with Gasteiger partial charge in [0.15, 0.2) is 0 Å². The summed E-state index contributed by atoms with van der Waals surface area (Å²) in [6.45, 7) is 0.170. The predicted octanol–water partition coefficient (Wildman–Crippen LogP) is 5.01. The molecule has 0 bridgehead atoms. The van der Waals surface area contributed by atoms with Gasteiger partial charge in [0.25, 0.3) is 11.7 Å². The number of hydrogen-bond acceptors (Lipinski definition) is 4. The first-order valence-electron chi connectivity index (χ1n) is 9.15. The minimum absolute atomic E-state index is 0.0126. The summed E-state index contributed by atoms with van der Waals surface area (Å²) in [5.41, 5.74) is 1.84. The van der Waals surface area contributed by atoms with E-state index in [1.807, 2.05) is 0 Å². The molecule has 1 fully saturated rings. The van der Waals surface area contributed by atoms with Crippen molar-refractivity contribution < 1.29 is 14.7 Å². The van der Waals surface area contributed by atoms with Gasteiger partial charge in [-0.15, -0.1) is 0 Å². The van der Waals surface area contributed by atoms with E-state index in [1.165, 1.54) is 4.90 Å². The van der Waals surface area contributed by atoms with Crippen LogP contribution < -0.4 is 0 Å². The number of Topliss-reactive ketones (excluding diaryl/α,β-unsaturated/α-hetero) is 1. The van der Waals surface area contributed by atoms with Crippen molar-refractivity contribution in [2.24, 2.45) is 0 Å². The van der Waals surface area contributed by atoms with Crippen LogP contribution in [0.25, 0.3) is 5.76 Å². The van der Waals surface area contributed by atoms with E-state index in [9.17, 15) is 14.7 Å². The summed E-state index contributed by atoms with van der Waals surface area (Å²) in [4.78, 5) is 31.3. The monoisotopic (exact) mass is 438 g/mol. The van der Waals surface area contributed by atoms with Gasteiger partial charge in [-0.05, 0) is 35.4 Å². The lowest BCUT2D eigenvalue weighted by Crippen LogP contribution is -2.29. The van der Waals surface area contributed by atoms with Crippen LogP contribution in [0.3, 0.4) is 0 Å². The third-order valence-electron chi connectivity index (χ3n) is 4.95. The summed E-state index contributed by atoms with van der Waals surface area (Å²) in [6.07, 6.45) is 3.23. The maximum absolute atomic E-state index is 13.0. The average Bonchev–Trinajstić information content (AvgIpc) is 3.01. The molecule has 2 aromatic carbocycles. The molecule has 0 radical (unpaired) electrons. The van der Waals surface area contributed by atoms with Gasteiger partial charge in [0.05, 0.1) is 21.7 Å². The van der Waals surface area contributed by atoms with E-state index in [0.717, 1.165) is 5.56 Å². The van der Waals surface area contributed by atoms with Crippen molar-refractivity contribution in [3.63, 3.8) is 0 Å². The number of aliphatic hydroxyl groups excluding tert-OH is 1. The molecular formula is C23H16Cl2N2O3. The van der Waals surface area contributed by atoms with Crippen molar-refractivity contribution in [1.82, 2.24) is 9.88 Å². The minimum Gasteiger partial charge on any atom is -0.507 e.